The van der Waals surface area contributed by atoms with Gasteiger partial charge < -0.3 is 15.8 Å². The fraction of sp³-hybridized carbons (Fsp3) is 0.533. The molecular formula is C15H24N2O2. The minimum absolute atomic E-state index is 0.130. The summed E-state index contributed by atoms with van der Waals surface area (Å²) in [5, 5.41) is 2.80. The summed E-state index contributed by atoms with van der Waals surface area (Å²) in [5.74, 6) is 0.735. The highest BCUT2D eigenvalue weighted by Gasteiger charge is 2.14. The first kappa shape index (κ1) is 15.5. The van der Waals surface area contributed by atoms with E-state index in [-0.39, 0.29) is 11.5 Å². The molecule has 0 heterocycles. The number of amides is 1. The predicted molar refractivity (Wildman–Crippen MR) is 77.2 cm³/mol. The van der Waals surface area contributed by atoms with E-state index >= 15 is 0 Å². The van der Waals surface area contributed by atoms with Crippen LogP contribution in [0.15, 0.2) is 24.3 Å². The lowest BCUT2D eigenvalue weighted by atomic mass is 10.1. The van der Waals surface area contributed by atoms with Crippen LogP contribution in [0.5, 0.6) is 5.75 Å². The lowest BCUT2D eigenvalue weighted by Gasteiger charge is -2.23. The van der Waals surface area contributed by atoms with Crippen LogP contribution in [0.25, 0.3) is 0 Å². The molecule has 0 spiro atoms. The van der Waals surface area contributed by atoms with E-state index in [0.29, 0.717) is 6.54 Å². The first-order valence-electron chi connectivity index (χ1n) is 6.60. The molecule has 1 aromatic carbocycles. The van der Waals surface area contributed by atoms with Gasteiger partial charge in [0.1, 0.15) is 11.4 Å². The van der Waals surface area contributed by atoms with Crippen molar-refractivity contribution in [2.75, 3.05) is 6.54 Å². The Hall–Kier alpha value is -1.55. The SMILES string of the molecule is CC(N)C(=O)NCCc1ccccc1OC(C)(C)C. The van der Waals surface area contributed by atoms with Gasteiger partial charge >= 0.3 is 0 Å². The van der Waals surface area contributed by atoms with Gasteiger partial charge in [0.25, 0.3) is 0 Å². The van der Waals surface area contributed by atoms with Gasteiger partial charge in [-0.2, -0.15) is 0 Å². The third-order valence-corrected chi connectivity index (χ3v) is 2.50. The van der Waals surface area contributed by atoms with E-state index in [1.807, 2.05) is 45.0 Å². The number of hydrogen-bond acceptors (Lipinski definition) is 3. The lowest BCUT2D eigenvalue weighted by molar-refractivity contribution is -0.121. The second-order valence-corrected chi connectivity index (χ2v) is 5.65. The average Bonchev–Trinajstić information content (AvgIpc) is 2.29. The number of rotatable bonds is 5. The quantitative estimate of drug-likeness (QED) is 0.853. The summed E-state index contributed by atoms with van der Waals surface area (Å²) in [6, 6.07) is 7.41. The van der Waals surface area contributed by atoms with Gasteiger partial charge in [-0.1, -0.05) is 18.2 Å². The van der Waals surface area contributed by atoms with Crippen molar-refractivity contribution in [3.63, 3.8) is 0 Å². The number of carbonyl (C=O) groups excluding carboxylic acids is 1. The van der Waals surface area contributed by atoms with Gasteiger partial charge in [-0.25, -0.2) is 0 Å². The van der Waals surface area contributed by atoms with Crippen LogP contribution in [-0.4, -0.2) is 24.1 Å². The number of para-hydroxylation sites is 1. The van der Waals surface area contributed by atoms with Crippen molar-refractivity contribution in [2.24, 2.45) is 5.73 Å². The number of nitrogens with one attached hydrogen (secondary N) is 1. The molecule has 1 aromatic rings. The Bertz CT molecular complexity index is 422. The highest BCUT2D eigenvalue weighted by Crippen LogP contribution is 2.23. The molecule has 0 aliphatic rings. The van der Waals surface area contributed by atoms with E-state index in [1.54, 1.807) is 6.92 Å². The van der Waals surface area contributed by atoms with Gasteiger partial charge in [0.2, 0.25) is 5.91 Å². The van der Waals surface area contributed by atoms with Gasteiger partial charge in [0.15, 0.2) is 0 Å². The van der Waals surface area contributed by atoms with E-state index in [4.69, 9.17) is 10.5 Å². The van der Waals surface area contributed by atoms with Crippen molar-refractivity contribution in [3.8, 4) is 5.75 Å². The van der Waals surface area contributed by atoms with Gasteiger partial charge in [-0.15, -0.1) is 0 Å². The second-order valence-electron chi connectivity index (χ2n) is 5.65. The molecule has 0 saturated carbocycles. The molecule has 1 unspecified atom stereocenters. The molecule has 1 amide bonds. The molecule has 1 atom stereocenters. The van der Waals surface area contributed by atoms with E-state index < -0.39 is 6.04 Å². The fourth-order valence-corrected chi connectivity index (χ4v) is 1.62. The van der Waals surface area contributed by atoms with Gasteiger partial charge in [0, 0.05) is 6.54 Å². The third kappa shape index (κ3) is 5.75. The molecule has 0 saturated heterocycles. The zero-order valence-corrected chi connectivity index (χ0v) is 12.2. The molecule has 0 aliphatic carbocycles. The Morgan fingerprint density at radius 3 is 2.58 bits per heavy atom. The molecule has 0 aromatic heterocycles. The van der Waals surface area contributed by atoms with Crippen molar-refractivity contribution in [1.29, 1.82) is 0 Å². The maximum absolute atomic E-state index is 11.4. The Labute approximate surface area is 115 Å². The van der Waals surface area contributed by atoms with Crippen LogP contribution >= 0.6 is 0 Å². The number of hydrogen-bond donors (Lipinski definition) is 2. The smallest absolute Gasteiger partial charge is 0.236 e. The molecule has 1 rings (SSSR count). The number of benzene rings is 1. The minimum atomic E-state index is -0.471. The van der Waals surface area contributed by atoms with Crippen LogP contribution in [0.4, 0.5) is 0 Å². The van der Waals surface area contributed by atoms with Crippen molar-refractivity contribution < 1.29 is 9.53 Å². The number of nitrogens with two attached hydrogens (primary N) is 1. The summed E-state index contributed by atoms with van der Waals surface area (Å²) in [7, 11) is 0. The molecule has 0 fully saturated rings. The van der Waals surface area contributed by atoms with Crippen LogP contribution < -0.4 is 15.8 Å². The lowest BCUT2D eigenvalue weighted by Crippen LogP contribution is -2.39. The third-order valence-electron chi connectivity index (χ3n) is 2.50. The van der Waals surface area contributed by atoms with Crippen molar-refractivity contribution in [2.45, 2.75) is 45.8 Å². The zero-order chi connectivity index (χ0) is 14.5. The predicted octanol–water partition coefficient (Wildman–Crippen LogP) is 1.87. The summed E-state index contributed by atoms with van der Waals surface area (Å²) >= 11 is 0. The van der Waals surface area contributed by atoms with E-state index in [1.165, 1.54) is 0 Å². The number of ether oxygens (including phenoxy) is 1. The molecular weight excluding hydrogens is 240 g/mol. The van der Waals surface area contributed by atoms with Crippen molar-refractivity contribution in [1.82, 2.24) is 5.32 Å². The van der Waals surface area contributed by atoms with E-state index in [2.05, 4.69) is 5.32 Å². The minimum Gasteiger partial charge on any atom is -0.488 e. The highest BCUT2D eigenvalue weighted by atomic mass is 16.5. The normalized spacial score (nSPS) is 12.9. The van der Waals surface area contributed by atoms with Crippen molar-refractivity contribution in [3.05, 3.63) is 29.8 Å². The van der Waals surface area contributed by atoms with E-state index in [9.17, 15) is 4.79 Å². The largest absolute Gasteiger partial charge is 0.488 e. The molecule has 0 radical (unpaired) electrons. The summed E-state index contributed by atoms with van der Waals surface area (Å²) in [6.45, 7) is 8.28. The van der Waals surface area contributed by atoms with E-state index in [0.717, 1.165) is 17.7 Å². The molecule has 106 valence electrons. The maximum Gasteiger partial charge on any atom is 0.236 e. The van der Waals surface area contributed by atoms with Crippen LogP contribution in [0, 0.1) is 0 Å². The topological polar surface area (TPSA) is 64.4 Å². The second kappa shape index (κ2) is 6.57. The molecule has 4 nitrogen and oxygen atoms in total. The standard InChI is InChI=1S/C15H24N2O2/c1-11(16)14(18)17-10-9-12-7-5-6-8-13(12)19-15(2,3)4/h5-8,11H,9-10,16H2,1-4H3,(H,17,18). The zero-order valence-electron chi connectivity index (χ0n) is 12.2. The molecule has 0 bridgehead atoms. The summed E-state index contributed by atoms with van der Waals surface area (Å²) in [5.41, 5.74) is 6.35. The Kier molecular flexibility index (Phi) is 5.36. The van der Waals surface area contributed by atoms with Crippen LogP contribution in [0.2, 0.25) is 0 Å². The van der Waals surface area contributed by atoms with Gasteiger partial charge in [0.05, 0.1) is 6.04 Å². The highest BCUT2D eigenvalue weighted by molar-refractivity contribution is 5.80. The fourth-order valence-electron chi connectivity index (χ4n) is 1.62. The van der Waals surface area contributed by atoms with Crippen LogP contribution in [-0.2, 0) is 11.2 Å². The monoisotopic (exact) mass is 264 g/mol. The molecule has 4 heteroatoms. The maximum atomic E-state index is 11.4. The van der Waals surface area contributed by atoms with Crippen LogP contribution in [0.3, 0.4) is 0 Å². The first-order chi connectivity index (χ1) is 8.79. The number of carbonyl (C=O) groups is 1. The Morgan fingerprint density at radius 2 is 2.00 bits per heavy atom. The Balaban J connectivity index is 2.61. The average molecular weight is 264 g/mol. The van der Waals surface area contributed by atoms with Gasteiger partial charge in [-0.05, 0) is 45.7 Å². The van der Waals surface area contributed by atoms with Crippen LogP contribution in [0.1, 0.15) is 33.3 Å². The summed E-state index contributed by atoms with van der Waals surface area (Å²) in [6.07, 6.45) is 0.727. The summed E-state index contributed by atoms with van der Waals surface area (Å²) < 4.78 is 5.90. The van der Waals surface area contributed by atoms with Crippen molar-refractivity contribution >= 4 is 5.91 Å². The molecule has 3 N–H and O–H groups in total. The first-order valence-corrected chi connectivity index (χ1v) is 6.60. The van der Waals surface area contributed by atoms with Gasteiger partial charge in [-0.3, -0.25) is 4.79 Å². The Morgan fingerprint density at radius 1 is 1.37 bits per heavy atom. The summed E-state index contributed by atoms with van der Waals surface area (Å²) in [4.78, 5) is 11.4. The molecule has 19 heavy (non-hydrogen) atoms. The molecule has 0 aliphatic heterocycles.